The second kappa shape index (κ2) is 6.51. The third kappa shape index (κ3) is 3.29. The third-order valence-corrected chi connectivity index (χ3v) is 5.63. The van der Waals surface area contributed by atoms with Gasteiger partial charge in [0.25, 0.3) is 0 Å². The number of piperidine rings is 1. The first-order valence-corrected chi connectivity index (χ1v) is 8.53. The van der Waals surface area contributed by atoms with Gasteiger partial charge in [0.05, 0.1) is 5.69 Å². The Morgan fingerprint density at radius 3 is 2.67 bits per heavy atom. The molecule has 130 valence electrons. The molecule has 0 unspecified atom stereocenters. The molecule has 1 aromatic rings. The van der Waals surface area contributed by atoms with E-state index in [1.165, 1.54) is 0 Å². The summed E-state index contributed by atoms with van der Waals surface area (Å²) >= 11 is 0. The van der Waals surface area contributed by atoms with Crippen molar-refractivity contribution in [3.8, 4) is 0 Å². The molecule has 1 atom stereocenters. The maximum Gasteiger partial charge on any atom is 0.320 e. The first kappa shape index (κ1) is 16.9. The highest BCUT2D eigenvalue weighted by Gasteiger charge is 2.48. The van der Waals surface area contributed by atoms with Gasteiger partial charge in [-0.25, -0.2) is 0 Å². The Labute approximate surface area is 142 Å². The molecule has 0 saturated carbocycles. The van der Waals surface area contributed by atoms with Crippen LogP contribution in [0, 0.1) is 12.3 Å². The Kier molecular flexibility index (Phi) is 4.58. The van der Waals surface area contributed by atoms with Crippen LogP contribution in [0.5, 0.6) is 0 Å². The van der Waals surface area contributed by atoms with Gasteiger partial charge in [-0.1, -0.05) is 6.07 Å². The van der Waals surface area contributed by atoms with E-state index in [1.54, 1.807) is 13.1 Å². The van der Waals surface area contributed by atoms with Gasteiger partial charge in [0, 0.05) is 39.3 Å². The Balaban J connectivity index is 1.74. The van der Waals surface area contributed by atoms with Gasteiger partial charge in [-0.2, -0.15) is 0 Å². The van der Waals surface area contributed by atoms with Crippen molar-refractivity contribution < 1.29 is 14.7 Å². The fourth-order valence-corrected chi connectivity index (χ4v) is 4.09. The predicted octanol–water partition coefficient (Wildman–Crippen LogP) is 1.68. The molecule has 3 rings (SSSR count). The Bertz CT molecular complexity index is 638. The SMILES string of the molecule is CC(=O)N1CCC2(CC1)C[C@H](C(=O)O)N(Cc1ncccc1C)C2. The molecular formula is C18H25N3O3. The van der Waals surface area contributed by atoms with E-state index in [-0.39, 0.29) is 11.3 Å². The van der Waals surface area contributed by atoms with Crippen LogP contribution in [0.3, 0.4) is 0 Å². The fraction of sp³-hybridized carbons (Fsp3) is 0.611. The number of aryl methyl sites for hydroxylation is 1. The summed E-state index contributed by atoms with van der Waals surface area (Å²) in [7, 11) is 0. The normalized spacial score (nSPS) is 23.6. The smallest absolute Gasteiger partial charge is 0.320 e. The molecule has 0 aliphatic carbocycles. The molecule has 1 aromatic heterocycles. The first-order chi connectivity index (χ1) is 11.4. The van der Waals surface area contributed by atoms with Gasteiger partial charge in [0.15, 0.2) is 0 Å². The topological polar surface area (TPSA) is 73.7 Å². The zero-order valence-corrected chi connectivity index (χ0v) is 14.4. The molecule has 0 aromatic carbocycles. The van der Waals surface area contributed by atoms with Gasteiger partial charge < -0.3 is 10.0 Å². The summed E-state index contributed by atoms with van der Waals surface area (Å²) in [5.41, 5.74) is 2.05. The number of aromatic nitrogens is 1. The molecule has 3 heterocycles. The minimum atomic E-state index is -0.755. The Morgan fingerprint density at radius 2 is 2.08 bits per heavy atom. The zero-order chi connectivity index (χ0) is 17.3. The molecular weight excluding hydrogens is 306 g/mol. The molecule has 1 amide bonds. The number of nitrogens with zero attached hydrogens (tertiary/aromatic N) is 3. The quantitative estimate of drug-likeness (QED) is 0.912. The molecule has 2 aliphatic rings. The van der Waals surface area contributed by atoms with E-state index in [0.717, 1.165) is 43.7 Å². The van der Waals surface area contributed by atoms with E-state index >= 15 is 0 Å². The number of pyridine rings is 1. The van der Waals surface area contributed by atoms with Crippen molar-refractivity contribution in [3.05, 3.63) is 29.6 Å². The molecule has 2 aliphatic heterocycles. The summed E-state index contributed by atoms with van der Waals surface area (Å²) < 4.78 is 0. The molecule has 2 saturated heterocycles. The molecule has 2 fully saturated rings. The van der Waals surface area contributed by atoms with E-state index < -0.39 is 12.0 Å². The summed E-state index contributed by atoms with van der Waals surface area (Å²) in [4.78, 5) is 31.6. The number of hydrogen-bond donors (Lipinski definition) is 1. The van der Waals surface area contributed by atoms with Crippen molar-refractivity contribution in [1.82, 2.24) is 14.8 Å². The molecule has 6 nitrogen and oxygen atoms in total. The zero-order valence-electron chi connectivity index (χ0n) is 14.4. The highest BCUT2D eigenvalue weighted by Crippen LogP contribution is 2.44. The number of likely N-dealkylation sites (tertiary alicyclic amines) is 2. The van der Waals surface area contributed by atoms with Crippen LogP contribution >= 0.6 is 0 Å². The number of carboxylic acid groups (broad SMARTS) is 1. The van der Waals surface area contributed by atoms with Crippen molar-refractivity contribution in [3.63, 3.8) is 0 Å². The standard InChI is InChI=1S/C18H25N3O3/c1-13-4-3-7-19-15(13)11-21-12-18(10-16(21)17(23)24)5-8-20(9-6-18)14(2)22/h3-4,7,16H,5-6,8-12H2,1-2H3,(H,23,24)/t16-/m1/s1. The van der Waals surface area contributed by atoms with Crippen molar-refractivity contribution in [1.29, 1.82) is 0 Å². The van der Waals surface area contributed by atoms with Crippen LogP contribution in [-0.4, -0.2) is 57.4 Å². The molecule has 0 bridgehead atoms. The van der Waals surface area contributed by atoms with Crippen LogP contribution in [0.15, 0.2) is 18.3 Å². The molecule has 1 N–H and O–H groups in total. The number of carboxylic acids is 1. The monoisotopic (exact) mass is 331 g/mol. The lowest BCUT2D eigenvalue weighted by Gasteiger charge is -2.39. The van der Waals surface area contributed by atoms with Crippen molar-refractivity contribution in [2.75, 3.05) is 19.6 Å². The minimum Gasteiger partial charge on any atom is -0.480 e. The number of rotatable bonds is 3. The first-order valence-electron chi connectivity index (χ1n) is 8.53. The van der Waals surface area contributed by atoms with Gasteiger partial charge in [0.2, 0.25) is 5.91 Å². The lowest BCUT2D eigenvalue weighted by Crippen LogP contribution is -2.43. The van der Waals surface area contributed by atoms with Crippen LogP contribution in [-0.2, 0) is 16.1 Å². The summed E-state index contributed by atoms with van der Waals surface area (Å²) in [5, 5.41) is 9.66. The fourth-order valence-electron chi connectivity index (χ4n) is 4.09. The van der Waals surface area contributed by atoms with Gasteiger partial charge >= 0.3 is 5.97 Å². The van der Waals surface area contributed by atoms with Crippen LogP contribution in [0.25, 0.3) is 0 Å². The van der Waals surface area contributed by atoms with Crippen LogP contribution in [0.4, 0.5) is 0 Å². The second-order valence-corrected chi connectivity index (χ2v) is 7.24. The molecule has 1 spiro atoms. The van der Waals surface area contributed by atoms with Gasteiger partial charge in [-0.05, 0) is 43.2 Å². The minimum absolute atomic E-state index is 0.0116. The number of carbonyl (C=O) groups is 2. The Morgan fingerprint density at radius 1 is 1.38 bits per heavy atom. The van der Waals surface area contributed by atoms with E-state index in [9.17, 15) is 14.7 Å². The largest absolute Gasteiger partial charge is 0.480 e. The van der Waals surface area contributed by atoms with E-state index in [0.29, 0.717) is 13.0 Å². The summed E-state index contributed by atoms with van der Waals surface area (Å²) in [6.45, 7) is 6.42. The number of aliphatic carboxylic acids is 1. The average molecular weight is 331 g/mol. The maximum atomic E-state index is 11.8. The Hall–Kier alpha value is -1.95. The van der Waals surface area contributed by atoms with Crippen molar-refractivity contribution >= 4 is 11.9 Å². The third-order valence-electron chi connectivity index (χ3n) is 5.63. The number of amides is 1. The lowest BCUT2D eigenvalue weighted by atomic mass is 9.76. The predicted molar refractivity (Wildman–Crippen MR) is 89.3 cm³/mol. The number of carbonyl (C=O) groups excluding carboxylic acids is 1. The van der Waals surface area contributed by atoms with Crippen LogP contribution < -0.4 is 0 Å². The molecule has 24 heavy (non-hydrogen) atoms. The lowest BCUT2D eigenvalue weighted by molar-refractivity contribution is -0.142. The average Bonchev–Trinajstić information content (AvgIpc) is 2.88. The van der Waals surface area contributed by atoms with E-state index in [1.807, 2.05) is 24.0 Å². The highest BCUT2D eigenvalue weighted by molar-refractivity contribution is 5.74. The van der Waals surface area contributed by atoms with Crippen molar-refractivity contribution in [2.24, 2.45) is 5.41 Å². The summed E-state index contributed by atoms with van der Waals surface area (Å²) in [6.07, 6.45) is 4.19. The number of hydrogen-bond acceptors (Lipinski definition) is 4. The maximum absolute atomic E-state index is 11.8. The highest BCUT2D eigenvalue weighted by atomic mass is 16.4. The summed E-state index contributed by atoms with van der Waals surface area (Å²) in [5.74, 6) is -0.645. The second-order valence-electron chi connectivity index (χ2n) is 7.24. The summed E-state index contributed by atoms with van der Waals surface area (Å²) in [6, 6.07) is 3.45. The van der Waals surface area contributed by atoms with E-state index in [4.69, 9.17) is 0 Å². The van der Waals surface area contributed by atoms with Crippen LogP contribution in [0.1, 0.15) is 37.4 Å². The van der Waals surface area contributed by atoms with Gasteiger partial charge in [-0.15, -0.1) is 0 Å². The van der Waals surface area contributed by atoms with Crippen LogP contribution in [0.2, 0.25) is 0 Å². The molecule has 6 heteroatoms. The van der Waals surface area contributed by atoms with Gasteiger partial charge in [0.1, 0.15) is 6.04 Å². The van der Waals surface area contributed by atoms with E-state index in [2.05, 4.69) is 9.88 Å². The van der Waals surface area contributed by atoms with Gasteiger partial charge in [-0.3, -0.25) is 19.5 Å². The molecule has 0 radical (unpaired) electrons. The van der Waals surface area contributed by atoms with Crippen molar-refractivity contribution in [2.45, 2.75) is 45.7 Å².